The molecular weight excluding hydrogens is 474 g/mol. The third-order valence-electron chi connectivity index (χ3n) is 6.22. The highest BCUT2D eigenvalue weighted by atomic mass is 32.2. The number of sulfonamides is 1. The third-order valence-corrected chi connectivity index (χ3v) is 8.00. The summed E-state index contributed by atoms with van der Waals surface area (Å²) in [5.41, 5.74) is 3.16. The van der Waals surface area contributed by atoms with E-state index < -0.39 is 28.5 Å². The maximum absolute atomic E-state index is 13.8. The van der Waals surface area contributed by atoms with Gasteiger partial charge in [-0.2, -0.15) is 0 Å². The average molecular weight is 508 g/mol. The van der Waals surface area contributed by atoms with Crippen LogP contribution in [0.2, 0.25) is 0 Å². The summed E-state index contributed by atoms with van der Waals surface area (Å²) in [6.07, 6.45) is 0.382. The topological polar surface area (TPSA) is 86.8 Å². The van der Waals surface area contributed by atoms with Crippen LogP contribution in [0.1, 0.15) is 30.0 Å². The molecule has 8 heteroatoms. The fraction of sp³-hybridized carbons (Fsp3) is 0.286. The van der Waals surface area contributed by atoms with Gasteiger partial charge in [-0.1, -0.05) is 61.5 Å². The van der Waals surface area contributed by atoms with Crippen molar-refractivity contribution in [2.24, 2.45) is 0 Å². The summed E-state index contributed by atoms with van der Waals surface area (Å²) < 4.78 is 28.6. The van der Waals surface area contributed by atoms with E-state index in [0.29, 0.717) is 12.1 Å². The number of carbonyl (C=O) groups excluding carboxylic acids is 2. The van der Waals surface area contributed by atoms with Crippen LogP contribution < -0.4 is 9.62 Å². The van der Waals surface area contributed by atoms with Gasteiger partial charge in [0.1, 0.15) is 12.6 Å². The Morgan fingerprint density at radius 2 is 1.50 bits per heavy atom. The number of amides is 2. The molecule has 1 N–H and O–H groups in total. The van der Waals surface area contributed by atoms with Crippen LogP contribution in [-0.4, -0.2) is 44.8 Å². The molecule has 0 bridgehead atoms. The number of hydrogen-bond donors (Lipinski definition) is 1. The molecule has 0 saturated carbocycles. The molecule has 0 radical (unpaired) electrons. The fourth-order valence-electron chi connectivity index (χ4n) is 4.00. The Hall–Kier alpha value is -3.65. The zero-order valence-corrected chi connectivity index (χ0v) is 22.0. The third kappa shape index (κ3) is 6.12. The number of nitrogens with one attached hydrogen (secondary N) is 1. The summed E-state index contributed by atoms with van der Waals surface area (Å²) in [5.74, 6) is -0.766. The molecule has 190 valence electrons. The SMILES string of the molecule is CC[C@@H](C(=O)NC)N(Cc1ccccc1)C(=O)CN(c1ccc(C)c(C)c1)S(=O)(=O)c1ccccc1. The summed E-state index contributed by atoms with van der Waals surface area (Å²) in [7, 11) is -2.53. The van der Waals surface area contributed by atoms with Crippen molar-refractivity contribution in [1.82, 2.24) is 10.2 Å². The van der Waals surface area contributed by atoms with E-state index in [1.807, 2.05) is 57.2 Å². The van der Waals surface area contributed by atoms with Crippen molar-refractivity contribution in [1.29, 1.82) is 0 Å². The zero-order valence-electron chi connectivity index (χ0n) is 21.1. The number of likely N-dealkylation sites (N-methyl/N-ethyl adjacent to an activating group) is 1. The van der Waals surface area contributed by atoms with Crippen LogP contribution >= 0.6 is 0 Å². The molecular formula is C28H33N3O4S. The minimum Gasteiger partial charge on any atom is -0.357 e. The Kier molecular flexibility index (Phi) is 8.88. The summed E-state index contributed by atoms with van der Waals surface area (Å²) in [4.78, 5) is 28.1. The monoisotopic (exact) mass is 507 g/mol. The molecule has 7 nitrogen and oxygen atoms in total. The zero-order chi connectivity index (χ0) is 26.3. The molecule has 36 heavy (non-hydrogen) atoms. The van der Waals surface area contributed by atoms with Crippen LogP contribution in [0.4, 0.5) is 5.69 Å². The van der Waals surface area contributed by atoms with Gasteiger partial charge in [-0.15, -0.1) is 0 Å². The molecule has 3 rings (SSSR count). The molecule has 0 aromatic heterocycles. The summed E-state index contributed by atoms with van der Waals surface area (Å²) in [6.45, 7) is 5.40. The number of hydrogen-bond acceptors (Lipinski definition) is 4. The predicted octanol–water partition coefficient (Wildman–Crippen LogP) is 4.05. The summed E-state index contributed by atoms with van der Waals surface area (Å²) in [5, 5.41) is 2.63. The van der Waals surface area contributed by atoms with Crippen molar-refractivity contribution >= 4 is 27.5 Å². The van der Waals surface area contributed by atoms with Crippen LogP contribution in [0.25, 0.3) is 0 Å². The normalized spacial score (nSPS) is 12.0. The fourth-order valence-corrected chi connectivity index (χ4v) is 5.42. The lowest BCUT2D eigenvalue weighted by molar-refractivity contribution is -0.140. The lowest BCUT2D eigenvalue weighted by Gasteiger charge is -2.33. The molecule has 1 atom stereocenters. The second-order valence-electron chi connectivity index (χ2n) is 8.64. The van der Waals surface area contributed by atoms with Crippen LogP contribution in [0.15, 0.2) is 83.8 Å². The van der Waals surface area contributed by atoms with Crippen molar-refractivity contribution in [3.63, 3.8) is 0 Å². The summed E-state index contributed by atoms with van der Waals surface area (Å²) in [6, 6.07) is 21.9. The first kappa shape index (κ1) is 26.9. The Morgan fingerprint density at radius 3 is 2.06 bits per heavy atom. The quantitative estimate of drug-likeness (QED) is 0.449. The van der Waals surface area contributed by atoms with Crippen molar-refractivity contribution < 1.29 is 18.0 Å². The molecule has 0 aliphatic rings. The molecule has 3 aromatic rings. The van der Waals surface area contributed by atoms with Crippen LogP contribution in [0, 0.1) is 13.8 Å². The van der Waals surface area contributed by atoms with Crippen molar-refractivity contribution in [3.05, 3.63) is 95.6 Å². The standard InChI is InChI=1S/C28H33N3O4S/c1-5-26(28(33)29-4)30(19-23-12-8-6-9-13-23)27(32)20-31(24-17-16-21(2)22(3)18-24)36(34,35)25-14-10-7-11-15-25/h6-18,26H,5,19-20H2,1-4H3,(H,29,33)/t26-/m0/s1. The van der Waals surface area contributed by atoms with Crippen molar-refractivity contribution in [2.75, 3.05) is 17.9 Å². The van der Waals surface area contributed by atoms with E-state index >= 15 is 0 Å². The Morgan fingerprint density at radius 1 is 0.889 bits per heavy atom. The van der Waals surface area contributed by atoms with Gasteiger partial charge in [0.15, 0.2) is 0 Å². The largest absolute Gasteiger partial charge is 0.357 e. The number of carbonyl (C=O) groups is 2. The van der Waals surface area contributed by atoms with Gasteiger partial charge in [0, 0.05) is 13.6 Å². The molecule has 0 unspecified atom stereocenters. The summed E-state index contributed by atoms with van der Waals surface area (Å²) >= 11 is 0. The molecule has 0 fully saturated rings. The Balaban J connectivity index is 2.06. The number of nitrogens with zero attached hydrogens (tertiary/aromatic N) is 2. The average Bonchev–Trinajstić information content (AvgIpc) is 2.89. The van der Waals surface area contributed by atoms with E-state index in [4.69, 9.17) is 0 Å². The highest BCUT2D eigenvalue weighted by Gasteiger charge is 2.33. The maximum atomic E-state index is 13.8. The van der Waals surface area contributed by atoms with Gasteiger partial charge in [-0.05, 0) is 61.2 Å². The predicted molar refractivity (Wildman–Crippen MR) is 142 cm³/mol. The molecule has 2 amide bonds. The van der Waals surface area contributed by atoms with E-state index in [2.05, 4.69) is 5.32 Å². The van der Waals surface area contributed by atoms with Gasteiger partial charge in [0.05, 0.1) is 10.6 Å². The van der Waals surface area contributed by atoms with E-state index in [-0.39, 0.29) is 17.3 Å². The van der Waals surface area contributed by atoms with Crippen molar-refractivity contribution in [3.8, 4) is 0 Å². The first-order valence-corrected chi connectivity index (χ1v) is 13.3. The minimum atomic E-state index is -4.06. The second-order valence-corrected chi connectivity index (χ2v) is 10.5. The van der Waals surface area contributed by atoms with Gasteiger partial charge in [0.2, 0.25) is 11.8 Å². The Labute approximate surface area is 213 Å². The van der Waals surface area contributed by atoms with Crippen LogP contribution in [-0.2, 0) is 26.2 Å². The van der Waals surface area contributed by atoms with Gasteiger partial charge in [0.25, 0.3) is 10.0 Å². The lowest BCUT2D eigenvalue weighted by Crippen LogP contribution is -2.51. The van der Waals surface area contributed by atoms with Gasteiger partial charge < -0.3 is 10.2 Å². The minimum absolute atomic E-state index is 0.0870. The van der Waals surface area contributed by atoms with Gasteiger partial charge >= 0.3 is 0 Å². The van der Waals surface area contributed by atoms with Crippen LogP contribution in [0.5, 0.6) is 0 Å². The van der Waals surface area contributed by atoms with E-state index in [9.17, 15) is 18.0 Å². The van der Waals surface area contributed by atoms with Gasteiger partial charge in [-0.3, -0.25) is 13.9 Å². The number of anilines is 1. The number of aryl methyl sites for hydroxylation is 2. The van der Waals surface area contributed by atoms with E-state index in [1.165, 1.54) is 24.1 Å². The smallest absolute Gasteiger partial charge is 0.264 e. The molecule has 0 aliphatic heterocycles. The first-order chi connectivity index (χ1) is 17.2. The second kappa shape index (κ2) is 11.9. The van der Waals surface area contributed by atoms with E-state index in [1.54, 1.807) is 30.3 Å². The highest BCUT2D eigenvalue weighted by molar-refractivity contribution is 7.92. The van der Waals surface area contributed by atoms with Gasteiger partial charge in [-0.25, -0.2) is 8.42 Å². The molecule has 0 spiro atoms. The number of benzene rings is 3. The first-order valence-electron chi connectivity index (χ1n) is 11.9. The maximum Gasteiger partial charge on any atom is 0.264 e. The van der Waals surface area contributed by atoms with E-state index in [0.717, 1.165) is 21.0 Å². The highest BCUT2D eigenvalue weighted by Crippen LogP contribution is 2.26. The Bertz CT molecular complexity index is 1290. The molecule has 3 aromatic carbocycles. The molecule has 0 saturated heterocycles. The van der Waals surface area contributed by atoms with Crippen LogP contribution in [0.3, 0.4) is 0 Å². The molecule has 0 aliphatic carbocycles. The number of rotatable bonds is 10. The molecule has 0 heterocycles. The van der Waals surface area contributed by atoms with Crippen molar-refractivity contribution in [2.45, 2.75) is 44.7 Å². The lowest BCUT2D eigenvalue weighted by atomic mass is 10.1.